The zero-order valence-corrected chi connectivity index (χ0v) is 13.3. The summed E-state index contributed by atoms with van der Waals surface area (Å²) in [5, 5.41) is 10.1. The molecule has 1 saturated heterocycles. The second kappa shape index (κ2) is 7.12. The van der Waals surface area contributed by atoms with E-state index in [1.165, 1.54) is 10.8 Å². The maximum absolute atomic E-state index is 11.9. The van der Waals surface area contributed by atoms with Crippen LogP contribution >= 0.6 is 0 Å². The Balaban J connectivity index is 1.61. The third kappa shape index (κ3) is 3.64. The Morgan fingerprint density at radius 3 is 2.83 bits per heavy atom. The lowest BCUT2D eigenvalue weighted by molar-refractivity contribution is -0.0667. The van der Waals surface area contributed by atoms with Crippen molar-refractivity contribution in [3.8, 4) is 0 Å². The van der Waals surface area contributed by atoms with E-state index in [2.05, 4.69) is 4.98 Å². The Morgan fingerprint density at radius 1 is 1.33 bits per heavy atom. The van der Waals surface area contributed by atoms with Gasteiger partial charge in [-0.3, -0.25) is 14.3 Å². The van der Waals surface area contributed by atoms with E-state index in [0.29, 0.717) is 12.2 Å². The van der Waals surface area contributed by atoms with Crippen LogP contribution in [0.5, 0.6) is 0 Å². The molecule has 0 radical (unpaired) electrons. The standard InChI is InChI=1S/C17H20N2O5/c1-11-8-19(17(22)18-16(11)21)15-7-13(20)14(24-15)10-23-9-12-5-3-2-4-6-12/h2-6,8,13-15,20H,7,9-10H2,1H3,(H,18,21,22)/t13-,14+,15+/m0/s1. The van der Waals surface area contributed by atoms with Crippen molar-refractivity contribution in [3.63, 3.8) is 0 Å². The number of nitrogens with zero attached hydrogens (tertiary/aromatic N) is 1. The maximum atomic E-state index is 11.9. The van der Waals surface area contributed by atoms with Crippen molar-refractivity contribution in [2.45, 2.75) is 38.4 Å². The number of benzene rings is 1. The molecule has 24 heavy (non-hydrogen) atoms. The van der Waals surface area contributed by atoms with Gasteiger partial charge in [-0.05, 0) is 12.5 Å². The lowest BCUT2D eigenvalue weighted by atomic mass is 10.2. The number of hydrogen-bond acceptors (Lipinski definition) is 5. The molecule has 2 aromatic rings. The lowest BCUT2D eigenvalue weighted by Crippen LogP contribution is -2.33. The van der Waals surface area contributed by atoms with Gasteiger partial charge in [0.15, 0.2) is 0 Å². The highest BCUT2D eigenvalue weighted by Crippen LogP contribution is 2.27. The molecule has 7 heteroatoms. The van der Waals surface area contributed by atoms with Crippen LogP contribution in [-0.2, 0) is 16.1 Å². The van der Waals surface area contributed by atoms with Gasteiger partial charge in [-0.1, -0.05) is 30.3 Å². The van der Waals surface area contributed by atoms with Crippen molar-refractivity contribution in [2.24, 2.45) is 0 Å². The fraction of sp³-hybridized carbons (Fsp3) is 0.412. The van der Waals surface area contributed by atoms with Crippen LogP contribution in [0.25, 0.3) is 0 Å². The van der Waals surface area contributed by atoms with Crippen LogP contribution in [0.3, 0.4) is 0 Å². The topological polar surface area (TPSA) is 93.6 Å². The number of aliphatic hydroxyl groups is 1. The van der Waals surface area contributed by atoms with E-state index in [-0.39, 0.29) is 13.0 Å². The highest BCUT2D eigenvalue weighted by molar-refractivity contribution is 5.13. The Hall–Kier alpha value is -2.22. The summed E-state index contributed by atoms with van der Waals surface area (Å²) in [4.78, 5) is 25.6. The van der Waals surface area contributed by atoms with Gasteiger partial charge in [-0.25, -0.2) is 4.79 Å². The van der Waals surface area contributed by atoms with Crippen LogP contribution in [-0.4, -0.2) is 33.5 Å². The fourth-order valence-corrected chi connectivity index (χ4v) is 2.70. The molecule has 0 amide bonds. The quantitative estimate of drug-likeness (QED) is 0.841. The van der Waals surface area contributed by atoms with Crippen LogP contribution in [0.2, 0.25) is 0 Å². The smallest absolute Gasteiger partial charge is 0.330 e. The van der Waals surface area contributed by atoms with E-state index in [4.69, 9.17) is 9.47 Å². The summed E-state index contributed by atoms with van der Waals surface area (Å²) in [6.07, 6.45) is -0.146. The molecule has 1 aliphatic rings. The Kier molecular flexibility index (Phi) is 4.94. The Labute approximate surface area is 138 Å². The number of rotatable bonds is 5. The highest BCUT2D eigenvalue weighted by atomic mass is 16.6. The van der Waals surface area contributed by atoms with E-state index in [1.54, 1.807) is 6.92 Å². The van der Waals surface area contributed by atoms with Crippen molar-refractivity contribution in [3.05, 3.63) is 68.5 Å². The second-order valence-corrected chi connectivity index (χ2v) is 5.91. The summed E-state index contributed by atoms with van der Waals surface area (Å²) in [5.74, 6) is 0. The molecular formula is C17H20N2O5. The number of aliphatic hydroxyl groups excluding tert-OH is 1. The summed E-state index contributed by atoms with van der Waals surface area (Å²) >= 11 is 0. The SMILES string of the molecule is Cc1cn([C@H]2C[C@H](O)[C@@H](COCc3ccccc3)O2)c(=O)[nH]c1=O. The summed E-state index contributed by atoms with van der Waals surface area (Å²) in [5.41, 5.74) is 0.483. The molecule has 3 atom stereocenters. The number of H-pyrrole nitrogens is 1. The minimum absolute atomic E-state index is 0.226. The van der Waals surface area contributed by atoms with Gasteiger partial charge in [-0.15, -0.1) is 0 Å². The van der Waals surface area contributed by atoms with Crippen molar-refractivity contribution >= 4 is 0 Å². The van der Waals surface area contributed by atoms with Crippen molar-refractivity contribution in [1.29, 1.82) is 0 Å². The highest BCUT2D eigenvalue weighted by Gasteiger charge is 2.35. The lowest BCUT2D eigenvalue weighted by Gasteiger charge is -2.16. The van der Waals surface area contributed by atoms with Gasteiger partial charge < -0.3 is 14.6 Å². The number of aryl methyl sites for hydroxylation is 1. The predicted molar refractivity (Wildman–Crippen MR) is 86.7 cm³/mol. The van der Waals surface area contributed by atoms with E-state index >= 15 is 0 Å². The molecule has 2 heterocycles. The van der Waals surface area contributed by atoms with Crippen molar-refractivity contribution in [1.82, 2.24) is 9.55 Å². The molecule has 1 aromatic carbocycles. The number of ether oxygens (including phenoxy) is 2. The number of aromatic nitrogens is 2. The van der Waals surface area contributed by atoms with Gasteiger partial charge >= 0.3 is 5.69 Å². The zero-order valence-electron chi connectivity index (χ0n) is 13.3. The van der Waals surface area contributed by atoms with Crippen molar-refractivity contribution in [2.75, 3.05) is 6.61 Å². The molecular weight excluding hydrogens is 312 g/mol. The summed E-state index contributed by atoms with van der Waals surface area (Å²) in [7, 11) is 0. The van der Waals surface area contributed by atoms with Crippen LogP contribution in [0, 0.1) is 6.92 Å². The molecule has 0 bridgehead atoms. The zero-order chi connectivity index (χ0) is 17.1. The predicted octanol–water partition coefficient (Wildman–Crippen LogP) is 0.710. The summed E-state index contributed by atoms with van der Waals surface area (Å²) < 4.78 is 12.6. The van der Waals surface area contributed by atoms with E-state index < -0.39 is 29.7 Å². The molecule has 1 aliphatic heterocycles. The van der Waals surface area contributed by atoms with Gasteiger partial charge in [0.25, 0.3) is 5.56 Å². The van der Waals surface area contributed by atoms with E-state index in [9.17, 15) is 14.7 Å². The average Bonchev–Trinajstić information content (AvgIpc) is 2.93. The first-order valence-corrected chi connectivity index (χ1v) is 7.82. The molecule has 7 nitrogen and oxygen atoms in total. The molecule has 3 rings (SSSR count). The average molecular weight is 332 g/mol. The second-order valence-electron chi connectivity index (χ2n) is 5.91. The Morgan fingerprint density at radius 2 is 2.08 bits per heavy atom. The van der Waals surface area contributed by atoms with Gasteiger partial charge in [0.1, 0.15) is 12.3 Å². The normalized spacial score (nSPS) is 23.5. The van der Waals surface area contributed by atoms with Crippen LogP contribution in [0.1, 0.15) is 23.8 Å². The van der Waals surface area contributed by atoms with Gasteiger partial charge in [-0.2, -0.15) is 0 Å². The number of nitrogens with one attached hydrogen (secondary N) is 1. The first-order valence-electron chi connectivity index (χ1n) is 7.82. The monoisotopic (exact) mass is 332 g/mol. The molecule has 2 N–H and O–H groups in total. The Bertz CT molecular complexity index is 799. The van der Waals surface area contributed by atoms with Crippen LogP contribution < -0.4 is 11.2 Å². The van der Waals surface area contributed by atoms with E-state index in [1.807, 2.05) is 30.3 Å². The largest absolute Gasteiger partial charge is 0.390 e. The molecule has 0 aliphatic carbocycles. The fourth-order valence-electron chi connectivity index (χ4n) is 2.70. The van der Waals surface area contributed by atoms with E-state index in [0.717, 1.165) is 5.56 Å². The number of aromatic amines is 1. The molecule has 1 aromatic heterocycles. The minimum atomic E-state index is -0.732. The summed E-state index contributed by atoms with van der Waals surface area (Å²) in [6, 6.07) is 9.71. The molecule has 0 saturated carbocycles. The van der Waals surface area contributed by atoms with Gasteiger partial charge in [0, 0.05) is 18.2 Å². The van der Waals surface area contributed by atoms with Crippen LogP contribution in [0.15, 0.2) is 46.1 Å². The van der Waals surface area contributed by atoms with Gasteiger partial charge in [0.2, 0.25) is 0 Å². The first-order chi connectivity index (χ1) is 11.5. The molecule has 0 unspecified atom stereocenters. The van der Waals surface area contributed by atoms with Crippen LogP contribution in [0.4, 0.5) is 0 Å². The van der Waals surface area contributed by atoms with Gasteiger partial charge in [0.05, 0.1) is 19.3 Å². The summed E-state index contributed by atoms with van der Waals surface area (Å²) in [6.45, 7) is 2.26. The first kappa shape index (κ1) is 16.6. The maximum Gasteiger partial charge on any atom is 0.330 e. The number of hydrogen-bond donors (Lipinski definition) is 2. The third-order valence-corrected chi connectivity index (χ3v) is 4.05. The minimum Gasteiger partial charge on any atom is -0.390 e. The molecule has 128 valence electrons. The molecule has 1 fully saturated rings. The third-order valence-electron chi connectivity index (χ3n) is 4.05. The molecule has 0 spiro atoms. The van der Waals surface area contributed by atoms with Crippen molar-refractivity contribution < 1.29 is 14.6 Å².